The van der Waals surface area contributed by atoms with Crippen LogP contribution in [-0.4, -0.2) is 45.9 Å². The van der Waals surface area contributed by atoms with E-state index in [1.54, 1.807) is 6.20 Å². The second-order valence-corrected chi connectivity index (χ2v) is 7.82. The summed E-state index contributed by atoms with van der Waals surface area (Å²) in [5.41, 5.74) is 3.44. The quantitative estimate of drug-likeness (QED) is 0.555. The Morgan fingerprint density at radius 3 is 2.53 bits per heavy atom. The van der Waals surface area contributed by atoms with E-state index in [9.17, 15) is 5.11 Å². The largest absolute Gasteiger partial charge is 0.491 e. The van der Waals surface area contributed by atoms with Crippen molar-refractivity contribution in [2.45, 2.75) is 33.1 Å². The summed E-state index contributed by atoms with van der Waals surface area (Å²) in [6, 6.07) is 14.1. The van der Waals surface area contributed by atoms with Crippen LogP contribution >= 0.6 is 0 Å². The van der Waals surface area contributed by atoms with Gasteiger partial charge >= 0.3 is 0 Å². The number of aliphatic hydroxyl groups is 1. The van der Waals surface area contributed by atoms with Crippen molar-refractivity contribution in [3.05, 3.63) is 77.4 Å². The number of aliphatic hydroxyl groups excluding tert-OH is 1. The topological polar surface area (TPSA) is 59.8 Å². The number of likely N-dealkylation sites (N-methyl/N-ethyl adjacent to an activating group) is 1. The van der Waals surface area contributed by atoms with E-state index in [1.165, 1.54) is 5.56 Å². The van der Waals surface area contributed by atoms with Gasteiger partial charge in [-0.25, -0.2) is 4.98 Å². The van der Waals surface area contributed by atoms with E-state index < -0.39 is 6.10 Å². The number of rotatable bonds is 10. The Bertz CT molecular complexity index is 937. The molecule has 2 aromatic carbocycles. The molecule has 1 aromatic heterocycles. The lowest BCUT2D eigenvalue weighted by atomic mass is 10.1. The summed E-state index contributed by atoms with van der Waals surface area (Å²) in [6.45, 7) is 6.05. The lowest BCUT2D eigenvalue weighted by Crippen LogP contribution is -2.32. The Kier molecular flexibility index (Phi) is 7.49. The molecule has 3 rings (SSSR count). The number of hydrogen-bond donors (Lipinski definition) is 1. The van der Waals surface area contributed by atoms with Crippen LogP contribution in [0, 0.1) is 13.8 Å². The predicted molar refractivity (Wildman–Crippen MR) is 118 cm³/mol. The van der Waals surface area contributed by atoms with Crippen molar-refractivity contribution in [3.8, 4) is 11.5 Å². The van der Waals surface area contributed by atoms with E-state index in [1.807, 2.05) is 68.2 Å². The van der Waals surface area contributed by atoms with E-state index in [0.717, 1.165) is 35.0 Å². The number of imidazole rings is 1. The number of aryl methyl sites for hydroxylation is 3. The van der Waals surface area contributed by atoms with E-state index in [-0.39, 0.29) is 6.61 Å². The van der Waals surface area contributed by atoms with E-state index in [2.05, 4.69) is 22.9 Å². The molecule has 1 N–H and O–H groups in total. The van der Waals surface area contributed by atoms with Crippen molar-refractivity contribution in [2.75, 3.05) is 20.2 Å². The van der Waals surface area contributed by atoms with Crippen LogP contribution in [0.5, 0.6) is 11.5 Å². The van der Waals surface area contributed by atoms with Crippen molar-refractivity contribution < 1.29 is 14.6 Å². The third-order valence-corrected chi connectivity index (χ3v) is 4.95. The standard InChI is InChI=1S/C24H31N3O3/c1-18-5-10-23(19(2)13-18)30-16-21(28)15-26(3)14-20-6-8-22(9-7-20)29-17-24-25-11-12-27(24)4/h5-13,21,28H,14-17H2,1-4H3/t21-/m0/s1. The molecule has 0 amide bonds. The van der Waals surface area contributed by atoms with Gasteiger partial charge in [0.2, 0.25) is 0 Å². The van der Waals surface area contributed by atoms with Gasteiger partial charge in [-0.15, -0.1) is 0 Å². The molecular weight excluding hydrogens is 378 g/mol. The summed E-state index contributed by atoms with van der Waals surface area (Å²) in [4.78, 5) is 6.34. The third-order valence-electron chi connectivity index (χ3n) is 4.95. The first-order valence-corrected chi connectivity index (χ1v) is 10.2. The Morgan fingerprint density at radius 2 is 1.87 bits per heavy atom. The third kappa shape index (κ3) is 6.34. The molecule has 0 spiro atoms. The maximum Gasteiger partial charge on any atom is 0.146 e. The molecule has 3 aromatic rings. The van der Waals surface area contributed by atoms with E-state index >= 15 is 0 Å². The second kappa shape index (κ2) is 10.3. The molecule has 0 saturated carbocycles. The van der Waals surface area contributed by atoms with Gasteiger partial charge < -0.3 is 19.1 Å². The van der Waals surface area contributed by atoms with Crippen LogP contribution in [-0.2, 0) is 20.2 Å². The van der Waals surface area contributed by atoms with Crippen molar-refractivity contribution in [1.82, 2.24) is 14.5 Å². The fourth-order valence-electron chi connectivity index (χ4n) is 3.31. The molecular formula is C24H31N3O3. The number of hydrogen-bond acceptors (Lipinski definition) is 5. The van der Waals surface area contributed by atoms with Crippen molar-refractivity contribution in [2.24, 2.45) is 7.05 Å². The van der Waals surface area contributed by atoms with Crippen LogP contribution in [0.3, 0.4) is 0 Å². The monoisotopic (exact) mass is 409 g/mol. The number of benzene rings is 2. The van der Waals surface area contributed by atoms with Gasteiger partial charge in [0, 0.05) is 32.5 Å². The minimum absolute atomic E-state index is 0.272. The van der Waals surface area contributed by atoms with Gasteiger partial charge in [-0.05, 0) is 50.2 Å². The van der Waals surface area contributed by atoms with Gasteiger partial charge in [0.25, 0.3) is 0 Å². The zero-order valence-corrected chi connectivity index (χ0v) is 18.2. The van der Waals surface area contributed by atoms with Crippen LogP contribution in [0.4, 0.5) is 0 Å². The van der Waals surface area contributed by atoms with Crippen LogP contribution in [0.2, 0.25) is 0 Å². The van der Waals surface area contributed by atoms with Crippen LogP contribution in [0.1, 0.15) is 22.5 Å². The summed E-state index contributed by atoms with van der Waals surface area (Å²) in [5.74, 6) is 2.52. The van der Waals surface area contributed by atoms with Gasteiger partial charge in [0.05, 0.1) is 0 Å². The average molecular weight is 410 g/mol. The molecule has 6 nitrogen and oxygen atoms in total. The molecule has 0 bridgehead atoms. The normalized spacial score (nSPS) is 12.2. The first-order chi connectivity index (χ1) is 14.4. The molecule has 0 unspecified atom stereocenters. The first kappa shape index (κ1) is 21.9. The molecule has 160 valence electrons. The molecule has 6 heteroatoms. The molecule has 0 aliphatic carbocycles. The van der Waals surface area contributed by atoms with Crippen LogP contribution in [0.25, 0.3) is 0 Å². The van der Waals surface area contributed by atoms with Crippen molar-refractivity contribution in [3.63, 3.8) is 0 Å². The zero-order chi connectivity index (χ0) is 21.5. The average Bonchev–Trinajstić information content (AvgIpc) is 3.11. The Labute approximate surface area is 178 Å². The Morgan fingerprint density at radius 1 is 1.10 bits per heavy atom. The molecule has 30 heavy (non-hydrogen) atoms. The van der Waals surface area contributed by atoms with Gasteiger partial charge in [0.15, 0.2) is 0 Å². The number of aromatic nitrogens is 2. The maximum atomic E-state index is 10.3. The maximum absolute atomic E-state index is 10.3. The lowest BCUT2D eigenvalue weighted by Gasteiger charge is -2.21. The minimum atomic E-state index is -0.559. The Balaban J connectivity index is 1.42. The lowest BCUT2D eigenvalue weighted by molar-refractivity contribution is 0.0741. The summed E-state index contributed by atoms with van der Waals surface area (Å²) >= 11 is 0. The first-order valence-electron chi connectivity index (χ1n) is 10.2. The fourth-order valence-corrected chi connectivity index (χ4v) is 3.31. The summed E-state index contributed by atoms with van der Waals surface area (Å²) in [6.07, 6.45) is 3.11. The molecule has 0 fully saturated rings. The van der Waals surface area contributed by atoms with E-state index in [4.69, 9.17) is 9.47 Å². The number of nitrogens with zero attached hydrogens (tertiary/aromatic N) is 3. The Hall–Kier alpha value is -2.83. The predicted octanol–water partition coefficient (Wildman–Crippen LogP) is 3.49. The zero-order valence-electron chi connectivity index (χ0n) is 18.2. The van der Waals surface area contributed by atoms with Gasteiger partial charge in [-0.3, -0.25) is 4.90 Å². The van der Waals surface area contributed by atoms with Gasteiger partial charge in [0.1, 0.15) is 36.6 Å². The van der Waals surface area contributed by atoms with Crippen molar-refractivity contribution >= 4 is 0 Å². The molecule has 0 radical (unpaired) electrons. The minimum Gasteiger partial charge on any atom is -0.491 e. The fraction of sp³-hybridized carbons (Fsp3) is 0.375. The summed E-state index contributed by atoms with van der Waals surface area (Å²) in [5, 5.41) is 10.3. The molecule has 0 aliphatic rings. The van der Waals surface area contributed by atoms with Gasteiger partial charge in [-0.2, -0.15) is 0 Å². The molecule has 1 atom stereocenters. The highest BCUT2D eigenvalue weighted by atomic mass is 16.5. The highest BCUT2D eigenvalue weighted by Gasteiger charge is 2.11. The summed E-state index contributed by atoms with van der Waals surface area (Å²) in [7, 11) is 3.94. The molecule has 0 saturated heterocycles. The van der Waals surface area contributed by atoms with Crippen molar-refractivity contribution in [1.29, 1.82) is 0 Å². The second-order valence-electron chi connectivity index (χ2n) is 7.82. The van der Waals surface area contributed by atoms with Crippen LogP contribution < -0.4 is 9.47 Å². The molecule has 0 aliphatic heterocycles. The van der Waals surface area contributed by atoms with Gasteiger partial charge in [-0.1, -0.05) is 29.8 Å². The van der Waals surface area contributed by atoms with Crippen LogP contribution in [0.15, 0.2) is 54.9 Å². The highest BCUT2D eigenvalue weighted by Crippen LogP contribution is 2.19. The highest BCUT2D eigenvalue weighted by molar-refractivity contribution is 5.35. The smallest absolute Gasteiger partial charge is 0.146 e. The SMILES string of the molecule is Cc1ccc(OC[C@@H](O)CN(C)Cc2ccc(OCc3nccn3C)cc2)c(C)c1. The molecule has 1 heterocycles. The summed E-state index contributed by atoms with van der Waals surface area (Å²) < 4.78 is 13.5. The number of ether oxygens (including phenoxy) is 2. The van der Waals surface area contributed by atoms with E-state index in [0.29, 0.717) is 13.2 Å².